The summed E-state index contributed by atoms with van der Waals surface area (Å²) in [5.74, 6) is 0. The molecule has 8 nitrogen and oxygen atoms in total. The van der Waals surface area contributed by atoms with E-state index in [4.69, 9.17) is 13.7 Å². The summed E-state index contributed by atoms with van der Waals surface area (Å²) in [5, 5.41) is 19.9. The summed E-state index contributed by atoms with van der Waals surface area (Å²) in [7, 11) is -2.61. The van der Waals surface area contributed by atoms with Crippen molar-refractivity contribution in [2.24, 2.45) is 0 Å². The van der Waals surface area contributed by atoms with Gasteiger partial charge in [0, 0.05) is 7.11 Å². The summed E-state index contributed by atoms with van der Waals surface area (Å²) in [6.45, 7) is 1.39. The van der Waals surface area contributed by atoms with Crippen LogP contribution in [-0.2, 0) is 23.8 Å². The lowest BCUT2D eigenvalue weighted by Gasteiger charge is -2.38. The molecule has 9 heteroatoms. The van der Waals surface area contributed by atoms with Gasteiger partial charge >= 0.3 is 0 Å². The summed E-state index contributed by atoms with van der Waals surface area (Å²) in [6.07, 6.45) is -4.43. The van der Waals surface area contributed by atoms with Crippen molar-refractivity contribution < 1.29 is 38.0 Å². The fraction of sp³-hybridized carbons (Fsp3) is 0.571. The van der Waals surface area contributed by atoms with Crippen molar-refractivity contribution in [3.05, 3.63) is 29.8 Å². The van der Waals surface area contributed by atoms with Crippen molar-refractivity contribution >= 4 is 10.1 Å². The fourth-order valence-corrected chi connectivity index (χ4v) is 3.20. The second kappa shape index (κ2) is 7.22. The number of hydrogen-bond donors (Lipinski definition) is 3. The molecule has 0 unspecified atom stereocenters. The molecule has 1 saturated heterocycles. The molecule has 0 aliphatic carbocycles. The Morgan fingerprint density at radius 3 is 2.39 bits per heavy atom. The van der Waals surface area contributed by atoms with Crippen molar-refractivity contribution in [1.29, 1.82) is 0 Å². The lowest BCUT2D eigenvalue weighted by molar-refractivity contribution is -0.499. The van der Waals surface area contributed by atoms with E-state index < -0.39 is 47.4 Å². The zero-order valence-corrected chi connectivity index (χ0v) is 13.8. The van der Waals surface area contributed by atoms with Crippen LogP contribution in [0, 0.1) is 6.92 Å². The van der Waals surface area contributed by atoms with Gasteiger partial charge in [0.1, 0.15) is 18.3 Å². The second-order valence-electron chi connectivity index (χ2n) is 5.48. The predicted octanol–water partition coefficient (Wildman–Crippen LogP) is -1.60. The average molecular weight is 348 g/mol. The van der Waals surface area contributed by atoms with Crippen molar-refractivity contribution in [1.82, 2.24) is 0 Å². The van der Waals surface area contributed by atoms with Crippen molar-refractivity contribution in [3.8, 4) is 0 Å². The van der Waals surface area contributed by atoms with Crippen LogP contribution in [0.1, 0.15) is 5.56 Å². The molecular weight excluding hydrogens is 326 g/mol. The first-order valence-electron chi connectivity index (χ1n) is 7.10. The van der Waals surface area contributed by atoms with Gasteiger partial charge in [0.15, 0.2) is 6.04 Å². The zero-order chi connectivity index (χ0) is 17.2. The van der Waals surface area contributed by atoms with Crippen LogP contribution >= 0.6 is 0 Å². The lowest BCUT2D eigenvalue weighted by Crippen LogP contribution is -2.78. The van der Waals surface area contributed by atoms with Gasteiger partial charge in [-0.05, 0) is 19.1 Å². The van der Waals surface area contributed by atoms with Crippen molar-refractivity contribution in [2.75, 3.05) is 13.7 Å². The molecule has 5 atom stereocenters. The minimum atomic E-state index is -3.98. The Morgan fingerprint density at radius 1 is 1.22 bits per heavy atom. The summed E-state index contributed by atoms with van der Waals surface area (Å²) in [6, 6.07) is 5.48. The average Bonchev–Trinajstić information content (AvgIpc) is 2.52. The summed E-state index contributed by atoms with van der Waals surface area (Å²) < 4.78 is 39.6. The largest absolute Gasteiger partial charge is 0.387 e. The molecule has 5 N–H and O–H groups in total. The Morgan fingerprint density at radius 2 is 1.83 bits per heavy atom. The Bertz CT molecular complexity index is 617. The maximum absolute atomic E-state index is 12.1. The topological polar surface area (TPSA) is 130 Å². The molecule has 1 aliphatic heterocycles. The molecule has 23 heavy (non-hydrogen) atoms. The SMILES string of the molecule is CO[C@H]1O[C@H](COS(=O)(=O)c2ccc(C)cc2)[C@@H](O)[C@@H](O)[C@@H]1[NH3+]. The molecule has 0 radical (unpaired) electrons. The molecule has 130 valence electrons. The van der Waals surface area contributed by atoms with E-state index >= 15 is 0 Å². The van der Waals surface area contributed by atoms with Crippen LogP contribution in [0.15, 0.2) is 29.2 Å². The monoisotopic (exact) mass is 348 g/mol. The third-order valence-electron chi connectivity index (χ3n) is 3.76. The molecular formula is C14H22NO7S+. The lowest BCUT2D eigenvalue weighted by atomic mass is 9.98. The molecule has 0 aromatic heterocycles. The smallest absolute Gasteiger partial charge is 0.297 e. The normalized spacial score (nSPS) is 32.0. The molecule has 0 bridgehead atoms. The number of ether oxygens (including phenoxy) is 2. The predicted molar refractivity (Wildman–Crippen MR) is 78.7 cm³/mol. The van der Waals surface area contributed by atoms with Gasteiger partial charge in [0.2, 0.25) is 6.29 Å². The molecule has 1 fully saturated rings. The highest BCUT2D eigenvalue weighted by molar-refractivity contribution is 7.86. The number of rotatable bonds is 5. The van der Waals surface area contributed by atoms with E-state index in [9.17, 15) is 18.6 Å². The molecule has 0 amide bonds. The van der Waals surface area contributed by atoms with E-state index in [2.05, 4.69) is 5.73 Å². The van der Waals surface area contributed by atoms with Gasteiger partial charge < -0.3 is 25.4 Å². The van der Waals surface area contributed by atoms with Crippen LogP contribution in [0.3, 0.4) is 0 Å². The number of quaternary nitrogens is 1. The number of aliphatic hydroxyl groups is 2. The zero-order valence-electron chi connectivity index (χ0n) is 13.0. The van der Waals surface area contributed by atoms with E-state index in [0.29, 0.717) is 0 Å². The van der Waals surface area contributed by atoms with E-state index in [1.807, 2.05) is 6.92 Å². The van der Waals surface area contributed by atoms with Gasteiger partial charge in [-0.3, -0.25) is 4.18 Å². The first kappa shape index (κ1) is 18.3. The standard InChI is InChI=1S/C14H21NO7S/c1-8-3-5-9(6-4-8)23(18,19)21-7-10-12(16)13(17)11(15)14(20-2)22-10/h3-6,10-14,16-17H,7,15H2,1-2H3/p+1/t10-,11+,12-,13+,14+/m1/s1. The molecule has 1 heterocycles. The second-order valence-corrected chi connectivity index (χ2v) is 7.09. The summed E-state index contributed by atoms with van der Waals surface area (Å²) >= 11 is 0. The summed E-state index contributed by atoms with van der Waals surface area (Å²) in [4.78, 5) is 0.00674. The van der Waals surface area contributed by atoms with Crippen LogP contribution in [-0.4, -0.2) is 63.0 Å². The van der Waals surface area contributed by atoms with Gasteiger partial charge in [-0.1, -0.05) is 17.7 Å². The van der Waals surface area contributed by atoms with E-state index in [-0.39, 0.29) is 4.90 Å². The highest BCUT2D eigenvalue weighted by Crippen LogP contribution is 2.21. The number of methoxy groups -OCH3 is 1. The van der Waals surface area contributed by atoms with Crippen molar-refractivity contribution in [3.63, 3.8) is 0 Å². The number of aryl methyl sites for hydroxylation is 1. The highest BCUT2D eigenvalue weighted by atomic mass is 32.2. The van der Waals surface area contributed by atoms with Crippen LogP contribution in [0.25, 0.3) is 0 Å². The molecule has 1 aromatic carbocycles. The third kappa shape index (κ3) is 4.07. The van der Waals surface area contributed by atoms with Crippen LogP contribution in [0.5, 0.6) is 0 Å². The van der Waals surface area contributed by atoms with Gasteiger partial charge in [-0.15, -0.1) is 0 Å². The van der Waals surface area contributed by atoms with E-state index in [1.165, 1.54) is 19.2 Å². The quantitative estimate of drug-likeness (QED) is 0.547. The maximum Gasteiger partial charge on any atom is 0.297 e. The van der Waals surface area contributed by atoms with Crippen LogP contribution in [0.4, 0.5) is 0 Å². The maximum atomic E-state index is 12.1. The molecule has 1 aliphatic rings. The summed E-state index contributed by atoms with van der Waals surface area (Å²) in [5.41, 5.74) is 4.58. The number of aliphatic hydroxyl groups excluding tert-OH is 2. The Balaban J connectivity index is 2.05. The van der Waals surface area contributed by atoms with Gasteiger partial charge in [0.05, 0.1) is 11.5 Å². The third-order valence-corrected chi connectivity index (χ3v) is 5.05. The fourth-order valence-electron chi connectivity index (χ4n) is 2.29. The Labute approximate surface area is 134 Å². The molecule has 0 spiro atoms. The Kier molecular flexibility index (Phi) is 5.74. The van der Waals surface area contributed by atoms with E-state index in [1.54, 1.807) is 12.1 Å². The highest BCUT2D eigenvalue weighted by Gasteiger charge is 2.45. The van der Waals surface area contributed by atoms with Gasteiger partial charge in [-0.25, -0.2) is 0 Å². The molecule has 1 aromatic rings. The minimum absolute atomic E-state index is 0.00674. The van der Waals surface area contributed by atoms with Crippen LogP contribution < -0.4 is 5.73 Å². The molecule has 2 rings (SSSR count). The first-order valence-corrected chi connectivity index (χ1v) is 8.50. The number of hydrogen-bond acceptors (Lipinski definition) is 7. The van der Waals surface area contributed by atoms with E-state index in [0.717, 1.165) is 5.56 Å². The Hall–Kier alpha value is -1.07. The van der Waals surface area contributed by atoms with Crippen LogP contribution in [0.2, 0.25) is 0 Å². The van der Waals surface area contributed by atoms with Crippen molar-refractivity contribution in [2.45, 2.75) is 42.5 Å². The van der Waals surface area contributed by atoms with Gasteiger partial charge in [-0.2, -0.15) is 8.42 Å². The number of benzene rings is 1. The van der Waals surface area contributed by atoms with Gasteiger partial charge in [0.25, 0.3) is 10.1 Å². The minimum Gasteiger partial charge on any atom is -0.387 e. The first-order chi connectivity index (χ1) is 10.8. The molecule has 0 saturated carbocycles.